The van der Waals surface area contributed by atoms with Crippen molar-refractivity contribution in [3.8, 4) is 11.5 Å². The first kappa shape index (κ1) is 19.9. The highest BCUT2D eigenvalue weighted by molar-refractivity contribution is 5.93. The van der Waals surface area contributed by atoms with Gasteiger partial charge in [-0.1, -0.05) is 29.8 Å². The molecule has 1 aliphatic rings. The van der Waals surface area contributed by atoms with Gasteiger partial charge in [0, 0.05) is 24.5 Å². The number of fused-ring (bicyclic) bond motifs is 1. The first-order valence-electron chi connectivity index (χ1n) is 9.80. The minimum Gasteiger partial charge on any atom is -0.493 e. The summed E-state index contributed by atoms with van der Waals surface area (Å²) in [5, 5.41) is 5.21. The van der Waals surface area contributed by atoms with Crippen molar-refractivity contribution in [3.05, 3.63) is 47.5 Å². The van der Waals surface area contributed by atoms with Crippen LogP contribution in [0.15, 0.2) is 41.5 Å². The minimum atomic E-state index is 0.417. The molecule has 0 amide bonds. The molecule has 2 heterocycles. The molecule has 8 heteroatoms. The molecule has 4 rings (SSSR count). The Morgan fingerprint density at radius 2 is 1.83 bits per heavy atom. The van der Waals surface area contributed by atoms with Crippen LogP contribution in [0.2, 0.25) is 0 Å². The largest absolute Gasteiger partial charge is 0.493 e. The molecule has 0 unspecified atom stereocenters. The molecule has 156 valence electrons. The standard InChI is InChI=1S/C22H25N5O3/c1-15-5-4-6-16(11-15)14-23-26-22-24-18-13-20(29-3)19(28-2)12-17(18)21(25-22)27-7-9-30-10-8-27/h4-6,11-14H,7-10H2,1-3H3,(H,24,25,26)/b23-14+. The van der Waals surface area contributed by atoms with E-state index in [1.807, 2.05) is 37.3 Å². The van der Waals surface area contributed by atoms with E-state index in [9.17, 15) is 0 Å². The average Bonchev–Trinajstić information content (AvgIpc) is 2.78. The van der Waals surface area contributed by atoms with E-state index < -0.39 is 0 Å². The summed E-state index contributed by atoms with van der Waals surface area (Å²) in [5.41, 5.74) is 5.90. The number of nitrogens with zero attached hydrogens (tertiary/aromatic N) is 4. The fraction of sp³-hybridized carbons (Fsp3) is 0.318. The molecule has 1 aliphatic heterocycles. The van der Waals surface area contributed by atoms with E-state index in [4.69, 9.17) is 19.2 Å². The van der Waals surface area contributed by atoms with Crippen LogP contribution in [0, 0.1) is 6.92 Å². The zero-order chi connectivity index (χ0) is 20.9. The Hall–Kier alpha value is -3.39. The Labute approximate surface area is 175 Å². The topological polar surface area (TPSA) is 81.1 Å². The lowest BCUT2D eigenvalue weighted by molar-refractivity contribution is 0.122. The third-order valence-electron chi connectivity index (χ3n) is 4.91. The first-order valence-corrected chi connectivity index (χ1v) is 9.80. The smallest absolute Gasteiger partial charge is 0.246 e. The van der Waals surface area contributed by atoms with Gasteiger partial charge < -0.3 is 19.1 Å². The molecule has 1 N–H and O–H groups in total. The maximum absolute atomic E-state index is 5.50. The molecule has 1 fully saturated rings. The number of hydrogen-bond acceptors (Lipinski definition) is 8. The van der Waals surface area contributed by atoms with Crippen LogP contribution in [0.25, 0.3) is 10.9 Å². The molecule has 30 heavy (non-hydrogen) atoms. The van der Waals surface area contributed by atoms with Crippen molar-refractivity contribution in [2.75, 3.05) is 50.8 Å². The summed E-state index contributed by atoms with van der Waals surface area (Å²) in [6, 6.07) is 11.9. The van der Waals surface area contributed by atoms with Crippen molar-refractivity contribution in [2.24, 2.45) is 5.10 Å². The SMILES string of the molecule is COc1cc2nc(N/N=C/c3cccc(C)c3)nc(N3CCOCC3)c2cc1OC. The molecule has 1 aromatic heterocycles. The lowest BCUT2D eigenvalue weighted by Gasteiger charge is -2.29. The average molecular weight is 407 g/mol. The molecule has 2 aromatic carbocycles. The van der Waals surface area contributed by atoms with Crippen LogP contribution in [0.4, 0.5) is 11.8 Å². The Morgan fingerprint density at radius 1 is 1.07 bits per heavy atom. The predicted molar refractivity (Wildman–Crippen MR) is 118 cm³/mol. The summed E-state index contributed by atoms with van der Waals surface area (Å²) >= 11 is 0. The van der Waals surface area contributed by atoms with Crippen LogP contribution in [-0.4, -0.2) is 56.7 Å². The molecule has 3 aromatic rings. The monoisotopic (exact) mass is 407 g/mol. The third-order valence-corrected chi connectivity index (χ3v) is 4.91. The number of morpholine rings is 1. The number of methoxy groups -OCH3 is 2. The summed E-state index contributed by atoms with van der Waals surface area (Å²) in [5.74, 6) is 2.49. The Bertz CT molecular complexity index is 1060. The number of benzene rings is 2. The van der Waals surface area contributed by atoms with Gasteiger partial charge in [-0.25, -0.2) is 10.4 Å². The fourth-order valence-electron chi connectivity index (χ4n) is 3.42. The second-order valence-electron chi connectivity index (χ2n) is 6.98. The van der Waals surface area contributed by atoms with E-state index in [-0.39, 0.29) is 0 Å². The number of hydrazone groups is 1. The van der Waals surface area contributed by atoms with Gasteiger partial charge in [0.15, 0.2) is 11.5 Å². The van der Waals surface area contributed by atoms with Gasteiger partial charge in [0.1, 0.15) is 5.82 Å². The maximum atomic E-state index is 5.50. The van der Waals surface area contributed by atoms with E-state index in [1.54, 1.807) is 20.4 Å². The molecule has 0 spiro atoms. The second kappa shape index (κ2) is 8.96. The van der Waals surface area contributed by atoms with Gasteiger partial charge in [0.05, 0.1) is 39.2 Å². The third kappa shape index (κ3) is 4.28. The summed E-state index contributed by atoms with van der Waals surface area (Å²) in [4.78, 5) is 11.6. The van der Waals surface area contributed by atoms with E-state index in [1.165, 1.54) is 5.56 Å². The van der Waals surface area contributed by atoms with Crippen LogP contribution in [0.5, 0.6) is 11.5 Å². The van der Waals surface area contributed by atoms with Gasteiger partial charge in [-0.15, -0.1) is 0 Å². The highest BCUT2D eigenvalue weighted by Gasteiger charge is 2.19. The van der Waals surface area contributed by atoms with Gasteiger partial charge in [-0.2, -0.15) is 10.1 Å². The molecule has 1 saturated heterocycles. The number of ether oxygens (including phenoxy) is 3. The van der Waals surface area contributed by atoms with Crippen LogP contribution in [-0.2, 0) is 4.74 Å². The molecule has 0 radical (unpaired) electrons. The summed E-state index contributed by atoms with van der Waals surface area (Å²) in [7, 11) is 3.23. The zero-order valence-electron chi connectivity index (χ0n) is 17.4. The second-order valence-corrected chi connectivity index (χ2v) is 6.98. The quantitative estimate of drug-likeness (QED) is 0.496. The number of aromatic nitrogens is 2. The van der Waals surface area contributed by atoms with Crippen molar-refractivity contribution in [1.82, 2.24) is 9.97 Å². The normalized spacial score (nSPS) is 14.3. The molecule has 0 bridgehead atoms. The lowest BCUT2D eigenvalue weighted by Crippen LogP contribution is -2.37. The van der Waals surface area contributed by atoms with E-state index >= 15 is 0 Å². The van der Waals surface area contributed by atoms with Crippen molar-refractivity contribution in [2.45, 2.75) is 6.92 Å². The Kier molecular flexibility index (Phi) is 5.94. The number of hydrogen-bond donors (Lipinski definition) is 1. The van der Waals surface area contributed by atoms with Gasteiger partial charge >= 0.3 is 0 Å². The summed E-state index contributed by atoms with van der Waals surface area (Å²) in [6.07, 6.45) is 1.75. The minimum absolute atomic E-state index is 0.417. The van der Waals surface area contributed by atoms with Gasteiger partial charge in [0.2, 0.25) is 5.95 Å². The number of nitrogens with one attached hydrogen (secondary N) is 1. The highest BCUT2D eigenvalue weighted by atomic mass is 16.5. The van der Waals surface area contributed by atoms with E-state index in [0.717, 1.165) is 35.4 Å². The molecule has 8 nitrogen and oxygen atoms in total. The number of rotatable bonds is 6. The number of aryl methyl sites for hydroxylation is 1. The van der Waals surface area contributed by atoms with Crippen LogP contribution in [0.3, 0.4) is 0 Å². The highest BCUT2D eigenvalue weighted by Crippen LogP contribution is 2.36. The number of anilines is 2. The first-order chi connectivity index (χ1) is 14.7. The van der Waals surface area contributed by atoms with Crippen LogP contribution >= 0.6 is 0 Å². The van der Waals surface area contributed by atoms with Crippen molar-refractivity contribution in [1.29, 1.82) is 0 Å². The van der Waals surface area contributed by atoms with Crippen molar-refractivity contribution in [3.63, 3.8) is 0 Å². The predicted octanol–water partition coefficient (Wildman–Crippen LogP) is 3.24. The van der Waals surface area contributed by atoms with Gasteiger partial charge in [-0.3, -0.25) is 0 Å². The van der Waals surface area contributed by atoms with E-state index in [0.29, 0.717) is 30.7 Å². The van der Waals surface area contributed by atoms with Gasteiger partial charge in [-0.05, 0) is 18.6 Å². The molecular formula is C22H25N5O3. The van der Waals surface area contributed by atoms with Crippen LogP contribution < -0.4 is 19.8 Å². The molecule has 0 aliphatic carbocycles. The molecular weight excluding hydrogens is 382 g/mol. The molecule has 0 saturated carbocycles. The van der Waals surface area contributed by atoms with Gasteiger partial charge in [0.25, 0.3) is 0 Å². The summed E-state index contributed by atoms with van der Waals surface area (Å²) in [6.45, 7) is 4.88. The van der Waals surface area contributed by atoms with Crippen LogP contribution in [0.1, 0.15) is 11.1 Å². The zero-order valence-corrected chi connectivity index (χ0v) is 17.4. The maximum Gasteiger partial charge on any atom is 0.246 e. The Balaban J connectivity index is 1.72. The molecule has 0 atom stereocenters. The van der Waals surface area contributed by atoms with Crippen molar-refractivity contribution >= 4 is 28.9 Å². The van der Waals surface area contributed by atoms with E-state index in [2.05, 4.69) is 26.5 Å². The van der Waals surface area contributed by atoms with Crippen molar-refractivity contribution < 1.29 is 14.2 Å². The lowest BCUT2D eigenvalue weighted by atomic mass is 10.2. The Morgan fingerprint density at radius 3 is 2.57 bits per heavy atom. The summed E-state index contributed by atoms with van der Waals surface area (Å²) < 4.78 is 16.4. The fourth-order valence-corrected chi connectivity index (χ4v) is 3.42.